The first-order chi connectivity index (χ1) is 25.5. The zero-order chi connectivity index (χ0) is 39.6. The van der Waals surface area contributed by atoms with E-state index in [0.717, 1.165) is 30.1 Å². The van der Waals surface area contributed by atoms with E-state index in [1.807, 2.05) is 19.1 Å². The molecule has 54 heavy (non-hydrogen) atoms. The molecule has 0 aliphatic carbocycles. The molecule has 12 nitrogen and oxygen atoms in total. The number of aliphatic hydroxyl groups is 3. The molecule has 3 N–H and O–H groups in total. The Kier molecular flexibility index (Phi) is 15.6. The lowest BCUT2D eigenvalue weighted by atomic mass is 9.74. The molecule has 4 rings (SSSR count). The van der Waals surface area contributed by atoms with Crippen LogP contribution in [0.5, 0.6) is 0 Å². The summed E-state index contributed by atoms with van der Waals surface area (Å²) in [4.78, 5) is 39.1. The van der Waals surface area contributed by atoms with Crippen molar-refractivity contribution >= 4 is 17.9 Å². The molecule has 0 unspecified atom stereocenters. The van der Waals surface area contributed by atoms with Crippen LogP contribution in [-0.2, 0) is 42.8 Å². The normalized spacial score (nSPS) is 36.0. The molecule has 0 aromatic carbocycles. The molecule has 3 fully saturated rings. The lowest BCUT2D eigenvalue weighted by Crippen LogP contribution is -2.62. The predicted octanol–water partition coefficient (Wildman–Crippen LogP) is 5.41. The number of carbonyl (C=O) groups excluding carboxylic acids is 3. The molecule has 6 bridgehead atoms. The number of methoxy groups -OCH3 is 1. The number of ether oxygens (including phenoxy) is 6. The van der Waals surface area contributed by atoms with Crippen LogP contribution in [0.1, 0.15) is 98.3 Å². The van der Waals surface area contributed by atoms with Gasteiger partial charge in [0, 0.05) is 36.8 Å². The van der Waals surface area contributed by atoms with E-state index >= 15 is 0 Å². The van der Waals surface area contributed by atoms with E-state index in [2.05, 4.69) is 13.2 Å². The second-order valence-electron chi connectivity index (χ2n) is 15.7. The number of aliphatic hydroxyl groups excluding tert-OH is 2. The first kappa shape index (κ1) is 43.3. The molecule has 0 saturated carbocycles. The molecule has 10 atom stereocenters. The van der Waals surface area contributed by atoms with Gasteiger partial charge in [-0.3, -0.25) is 4.79 Å². The van der Waals surface area contributed by atoms with Gasteiger partial charge in [-0.05, 0) is 51.0 Å². The minimum atomic E-state index is -2.30. The quantitative estimate of drug-likeness (QED) is 0.0996. The number of rotatable bonds is 7. The Morgan fingerprint density at radius 3 is 2.30 bits per heavy atom. The molecule has 12 heteroatoms. The van der Waals surface area contributed by atoms with Crippen molar-refractivity contribution in [3.05, 3.63) is 72.4 Å². The Morgan fingerprint density at radius 2 is 1.63 bits per heavy atom. The summed E-state index contributed by atoms with van der Waals surface area (Å²) in [5, 5.41) is 34.4. The van der Waals surface area contributed by atoms with Crippen molar-refractivity contribution in [1.29, 1.82) is 0 Å². The highest BCUT2D eigenvalue weighted by molar-refractivity contribution is 5.84. The summed E-state index contributed by atoms with van der Waals surface area (Å²) in [6.45, 7) is 15.4. The van der Waals surface area contributed by atoms with Crippen molar-refractivity contribution in [3.8, 4) is 0 Å². The van der Waals surface area contributed by atoms with Gasteiger partial charge in [0.2, 0.25) is 5.79 Å². The molecule has 0 spiro atoms. The van der Waals surface area contributed by atoms with Gasteiger partial charge in [0.1, 0.15) is 6.10 Å². The third-order valence-corrected chi connectivity index (χ3v) is 10.4. The molecule has 0 radical (unpaired) electrons. The molecule has 0 aromatic rings. The van der Waals surface area contributed by atoms with E-state index in [1.165, 1.54) is 26.2 Å². The number of esters is 3. The van der Waals surface area contributed by atoms with Crippen LogP contribution in [0.3, 0.4) is 0 Å². The standard InChI is InChI=1S/C42H60O12/c1-8-9-10-11-12-13-37(45)53-40-29(21-38(46)49-7)20-35-25-36(28(4)43)52-39(47)23-30(44)22-32-17-27(3)19-34(51-32)24-33-18-26(2)16-31(50-33)14-15-41(5,6)42(40,48)54-35/h10-15,21,28,30-36,40,43-44,48H,2-3,8-9,16-20,22-25H2,1,4-7H3/b11-10+,13-12+,15-14+,29-21+/t28-,30-,31+,32+,33+,34-,35+,36-,40+,42-/m1/s1. The third-order valence-electron chi connectivity index (χ3n) is 10.4. The van der Waals surface area contributed by atoms with Crippen LogP contribution in [0.2, 0.25) is 0 Å². The van der Waals surface area contributed by atoms with E-state index in [0.29, 0.717) is 32.1 Å². The number of fused-ring (bicyclic) bond motifs is 6. The van der Waals surface area contributed by atoms with E-state index in [1.54, 1.807) is 26.0 Å². The van der Waals surface area contributed by atoms with E-state index in [9.17, 15) is 29.7 Å². The van der Waals surface area contributed by atoms with Gasteiger partial charge in [0.15, 0.2) is 6.10 Å². The first-order valence-electron chi connectivity index (χ1n) is 19.1. The number of allylic oxidation sites excluding steroid dienone is 3. The molecular weight excluding hydrogens is 696 g/mol. The molecule has 4 aliphatic rings. The van der Waals surface area contributed by atoms with E-state index < -0.39 is 65.7 Å². The lowest BCUT2D eigenvalue weighted by Gasteiger charge is -2.51. The fourth-order valence-corrected chi connectivity index (χ4v) is 7.55. The average molecular weight is 757 g/mol. The lowest BCUT2D eigenvalue weighted by molar-refractivity contribution is -0.327. The van der Waals surface area contributed by atoms with Crippen LogP contribution in [0.4, 0.5) is 0 Å². The van der Waals surface area contributed by atoms with Crippen LogP contribution in [0.25, 0.3) is 0 Å². The maximum atomic E-state index is 13.3. The third kappa shape index (κ3) is 12.1. The number of cyclic esters (lactones) is 1. The molecule has 4 aliphatic heterocycles. The molecule has 4 heterocycles. The van der Waals surface area contributed by atoms with Crippen molar-refractivity contribution < 1.29 is 58.1 Å². The smallest absolute Gasteiger partial charge is 0.331 e. The summed E-state index contributed by atoms with van der Waals surface area (Å²) >= 11 is 0. The van der Waals surface area contributed by atoms with E-state index in [-0.39, 0.29) is 49.6 Å². The van der Waals surface area contributed by atoms with Crippen LogP contribution in [0, 0.1) is 5.41 Å². The van der Waals surface area contributed by atoms with Crippen molar-refractivity contribution in [2.24, 2.45) is 5.41 Å². The Hall–Kier alpha value is -3.39. The van der Waals surface area contributed by atoms with Crippen LogP contribution < -0.4 is 0 Å². The monoisotopic (exact) mass is 756 g/mol. The zero-order valence-corrected chi connectivity index (χ0v) is 32.4. The first-order valence-corrected chi connectivity index (χ1v) is 19.1. The van der Waals surface area contributed by atoms with Crippen LogP contribution in [-0.4, -0.2) is 101 Å². The van der Waals surface area contributed by atoms with Crippen molar-refractivity contribution in [3.63, 3.8) is 0 Å². The number of unbranched alkanes of at least 4 members (excludes halogenated alkanes) is 1. The topological polar surface area (TPSA) is 167 Å². The maximum Gasteiger partial charge on any atom is 0.331 e. The summed E-state index contributed by atoms with van der Waals surface area (Å²) in [5.74, 6) is -4.56. The Labute approximate surface area is 319 Å². The highest BCUT2D eigenvalue weighted by atomic mass is 16.7. The summed E-state index contributed by atoms with van der Waals surface area (Å²) in [7, 11) is 1.21. The van der Waals surface area contributed by atoms with Crippen molar-refractivity contribution in [1.82, 2.24) is 0 Å². The minimum absolute atomic E-state index is 0.0457. The summed E-state index contributed by atoms with van der Waals surface area (Å²) in [6.07, 6.45) is 8.57. The summed E-state index contributed by atoms with van der Waals surface area (Å²) in [5.41, 5.74) is 0.879. The van der Waals surface area contributed by atoms with Gasteiger partial charge in [0.25, 0.3) is 0 Å². The highest BCUT2D eigenvalue weighted by Crippen LogP contribution is 2.47. The highest BCUT2D eigenvalue weighted by Gasteiger charge is 2.57. The summed E-state index contributed by atoms with van der Waals surface area (Å²) in [6, 6.07) is 0. The SMILES string of the molecule is C=C1C[C@@H]2C[C@@H]3CC(=C)C[C@H](/C=C/C(C)(C)[C@]4(O)O[C@@H](C/C(=C\C(=O)OC)[C@@H]4OC(=O)/C=C/C=C/CCC)C[C@H]([C@@H](C)O)OC(=O)C[C@H](O)C[C@H](C1)O2)O3. The number of hydrogen-bond donors (Lipinski definition) is 3. The van der Waals surface area contributed by atoms with Gasteiger partial charge in [-0.2, -0.15) is 0 Å². The molecule has 300 valence electrons. The molecule has 0 aromatic heterocycles. The average Bonchev–Trinajstić information content (AvgIpc) is 3.07. The fourth-order valence-electron chi connectivity index (χ4n) is 7.55. The van der Waals surface area contributed by atoms with Crippen molar-refractivity contribution in [2.45, 2.75) is 159 Å². The largest absolute Gasteiger partial charge is 0.466 e. The Morgan fingerprint density at radius 1 is 0.963 bits per heavy atom. The number of carbonyl (C=O) groups is 3. The Balaban J connectivity index is 1.77. The fraction of sp³-hybridized carbons (Fsp3) is 0.643. The second-order valence-corrected chi connectivity index (χ2v) is 15.7. The maximum absolute atomic E-state index is 13.3. The van der Waals surface area contributed by atoms with Gasteiger partial charge in [-0.15, -0.1) is 0 Å². The molecule has 0 amide bonds. The summed E-state index contributed by atoms with van der Waals surface area (Å²) < 4.78 is 35.9. The Bertz CT molecular complexity index is 1470. The van der Waals surface area contributed by atoms with Gasteiger partial charge < -0.3 is 43.7 Å². The zero-order valence-electron chi connectivity index (χ0n) is 32.4. The van der Waals surface area contributed by atoms with Gasteiger partial charge in [-0.25, -0.2) is 9.59 Å². The second kappa shape index (κ2) is 19.5. The van der Waals surface area contributed by atoms with Crippen molar-refractivity contribution in [2.75, 3.05) is 7.11 Å². The van der Waals surface area contributed by atoms with Crippen LogP contribution in [0.15, 0.2) is 72.4 Å². The number of hydrogen-bond acceptors (Lipinski definition) is 12. The van der Waals surface area contributed by atoms with Gasteiger partial charge >= 0.3 is 17.9 Å². The predicted molar refractivity (Wildman–Crippen MR) is 201 cm³/mol. The molecular formula is C42H60O12. The van der Waals surface area contributed by atoms with Gasteiger partial charge in [0.05, 0.1) is 56.3 Å². The van der Waals surface area contributed by atoms with E-state index in [4.69, 9.17) is 28.4 Å². The van der Waals surface area contributed by atoms with Gasteiger partial charge in [-0.1, -0.05) is 81.9 Å². The van der Waals surface area contributed by atoms with Crippen LogP contribution >= 0.6 is 0 Å². The minimum Gasteiger partial charge on any atom is -0.466 e. The molecule has 3 saturated heterocycles.